The molecule has 34 heavy (non-hydrogen) atoms. The molecule has 4 heterocycles. The fourth-order valence-corrected chi connectivity index (χ4v) is 5.20. The Morgan fingerprint density at radius 2 is 1.91 bits per heavy atom. The summed E-state index contributed by atoms with van der Waals surface area (Å²) in [7, 11) is 0. The van der Waals surface area contributed by atoms with E-state index in [0.29, 0.717) is 25.0 Å². The van der Waals surface area contributed by atoms with Gasteiger partial charge in [0.05, 0.1) is 5.39 Å². The van der Waals surface area contributed by atoms with Crippen molar-refractivity contribution in [3.8, 4) is 5.75 Å². The Labute approximate surface area is 196 Å². The second-order valence-electron chi connectivity index (χ2n) is 9.56. The highest BCUT2D eigenvalue weighted by Crippen LogP contribution is 2.35. The molecule has 176 valence electrons. The standard InChI is InChI=1S/C26H27N3O5/c1-15(2)23(27-11-19-24(31)18-6-3-4-8-21(18)34-26(19)33)25(32)28-12-16-10-17(14-28)20-7-5-9-22(30)29(20)13-16/h3-9,11,15-17,23,31H,10,12-14H2,1-2H3/t16-,17+,23?/m1/s1. The average Bonchev–Trinajstić information content (AvgIpc) is 2.81. The summed E-state index contributed by atoms with van der Waals surface area (Å²) in [5, 5.41) is 11.0. The van der Waals surface area contributed by atoms with Crippen LogP contribution < -0.4 is 11.2 Å². The monoisotopic (exact) mass is 461 g/mol. The SMILES string of the molecule is CC(C)C(N=Cc1c(O)c2ccccc2oc1=O)C(=O)N1C[C@H]2C[C@@H](C1)c1cccc(=O)n1C2. The van der Waals surface area contributed by atoms with Crippen LogP contribution in [0.3, 0.4) is 0 Å². The Kier molecular flexibility index (Phi) is 5.59. The van der Waals surface area contributed by atoms with Gasteiger partial charge in [-0.15, -0.1) is 0 Å². The predicted octanol–water partition coefficient (Wildman–Crippen LogP) is 2.75. The van der Waals surface area contributed by atoms with E-state index in [1.54, 1.807) is 36.4 Å². The minimum absolute atomic E-state index is 0.00524. The van der Waals surface area contributed by atoms with Gasteiger partial charge in [0.1, 0.15) is 22.9 Å². The van der Waals surface area contributed by atoms with Crippen LogP contribution in [0.15, 0.2) is 61.5 Å². The number of aromatic hydroxyl groups is 1. The van der Waals surface area contributed by atoms with Gasteiger partial charge in [0.25, 0.3) is 5.56 Å². The minimum atomic E-state index is -0.706. The number of carbonyl (C=O) groups excluding carboxylic acids is 1. The second kappa shape index (κ2) is 8.59. The van der Waals surface area contributed by atoms with Crippen LogP contribution in [-0.2, 0) is 11.3 Å². The fourth-order valence-electron chi connectivity index (χ4n) is 5.20. The van der Waals surface area contributed by atoms with Crippen LogP contribution in [0, 0.1) is 11.8 Å². The number of hydrogen-bond donors (Lipinski definition) is 1. The van der Waals surface area contributed by atoms with Gasteiger partial charge in [-0.25, -0.2) is 4.79 Å². The predicted molar refractivity (Wildman–Crippen MR) is 128 cm³/mol. The summed E-state index contributed by atoms with van der Waals surface area (Å²) in [5.74, 6) is -0.116. The van der Waals surface area contributed by atoms with Crippen molar-refractivity contribution in [1.29, 1.82) is 0 Å². The van der Waals surface area contributed by atoms with Gasteiger partial charge in [0, 0.05) is 43.5 Å². The lowest BCUT2D eigenvalue weighted by atomic mass is 9.82. The molecule has 8 nitrogen and oxygen atoms in total. The first kappa shape index (κ1) is 22.1. The van der Waals surface area contributed by atoms with Crippen LogP contribution in [0.4, 0.5) is 0 Å². The number of benzene rings is 1. The molecular formula is C26H27N3O5. The largest absolute Gasteiger partial charge is 0.506 e. The van der Waals surface area contributed by atoms with Crippen LogP contribution in [0.5, 0.6) is 5.75 Å². The number of amides is 1. The molecular weight excluding hydrogens is 434 g/mol. The molecule has 0 radical (unpaired) electrons. The normalized spacial score (nSPS) is 20.6. The number of rotatable bonds is 4. The third kappa shape index (κ3) is 3.83. The molecule has 0 saturated carbocycles. The molecule has 2 aliphatic rings. The molecule has 0 aliphatic carbocycles. The number of piperidine rings is 1. The van der Waals surface area contributed by atoms with Gasteiger partial charge in [-0.05, 0) is 36.5 Å². The third-order valence-electron chi connectivity index (χ3n) is 6.86. The van der Waals surface area contributed by atoms with Crippen LogP contribution in [0.2, 0.25) is 0 Å². The maximum atomic E-state index is 13.5. The molecule has 3 aromatic rings. The van der Waals surface area contributed by atoms with Crippen molar-refractivity contribution in [1.82, 2.24) is 9.47 Å². The van der Waals surface area contributed by atoms with Gasteiger partial charge in [0.15, 0.2) is 0 Å². The van der Waals surface area contributed by atoms with E-state index in [0.717, 1.165) is 12.1 Å². The minimum Gasteiger partial charge on any atom is -0.506 e. The Hall–Kier alpha value is -3.68. The molecule has 3 atom stereocenters. The number of aromatic nitrogens is 1. The Morgan fingerprint density at radius 3 is 2.71 bits per heavy atom. The quantitative estimate of drug-likeness (QED) is 0.475. The molecule has 8 heteroatoms. The van der Waals surface area contributed by atoms with E-state index in [1.807, 2.05) is 29.4 Å². The molecule has 2 bridgehead atoms. The van der Waals surface area contributed by atoms with Gasteiger partial charge in [-0.1, -0.05) is 32.0 Å². The molecule has 1 unspecified atom stereocenters. The van der Waals surface area contributed by atoms with E-state index in [1.165, 1.54) is 6.21 Å². The molecule has 2 aromatic heterocycles. The van der Waals surface area contributed by atoms with Crippen molar-refractivity contribution in [2.45, 2.75) is 38.8 Å². The summed E-state index contributed by atoms with van der Waals surface area (Å²) in [5.41, 5.74) is 0.499. The lowest BCUT2D eigenvalue weighted by molar-refractivity contribution is -0.136. The fraction of sp³-hybridized carbons (Fsp3) is 0.385. The van der Waals surface area contributed by atoms with Crippen molar-refractivity contribution >= 4 is 23.1 Å². The van der Waals surface area contributed by atoms with Crippen molar-refractivity contribution < 1.29 is 14.3 Å². The molecule has 1 amide bonds. The van der Waals surface area contributed by atoms with E-state index >= 15 is 0 Å². The van der Waals surface area contributed by atoms with Gasteiger partial charge in [-0.2, -0.15) is 0 Å². The van der Waals surface area contributed by atoms with Crippen molar-refractivity contribution in [2.75, 3.05) is 13.1 Å². The van der Waals surface area contributed by atoms with E-state index in [-0.39, 0.29) is 46.1 Å². The molecule has 1 aromatic carbocycles. The van der Waals surface area contributed by atoms with Gasteiger partial charge >= 0.3 is 5.63 Å². The number of hydrogen-bond acceptors (Lipinski definition) is 6. The molecule has 5 rings (SSSR count). The van der Waals surface area contributed by atoms with E-state index in [4.69, 9.17) is 4.42 Å². The zero-order chi connectivity index (χ0) is 24.0. The average molecular weight is 462 g/mol. The summed E-state index contributed by atoms with van der Waals surface area (Å²) in [6.07, 6.45) is 2.21. The van der Waals surface area contributed by atoms with Crippen LogP contribution >= 0.6 is 0 Å². The van der Waals surface area contributed by atoms with E-state index in [9.17, 15) is 19.5 Å². The lowest BCUT2D eigenvalue weighted by Crippen LogP contribution is -2.52. The van der Waals surface area contributed by atoms with Gasteiger partial charge < -0.3 is 19.0 Å². The van der Waals surface area contributed by atoms with E-state index in [2.05, 4.69) is 4.99 Å². The Morgan fingerprint density at radius 1 is 1.12 bits per heavy atom. The maximum absolute atomic E-state index is 13.5. The summed E-state index contributed by atoms with van der Waals surface area (Å²) < 4.78 is 7.14. The second-order valence-corrected chi connectivity index (χ2v) is 9.56. The topological polar surface area (TPSA) is 105 Å². The van der Waals surface area contributed by atoms with Crippen molar-refractivity contribution in [3.63, 3.8) is 0 Å². The first-order chi connectivity index (χ1) is 16.3. The number of pyridine rings is 1. The smallest absolute Gasteiger partial charge is 0.348 e. The zero-order valence-corrected chi connectivity index (χ0v) is 19.2. The molecule has 0 spiro atoms. The highest BCUT2D eigenvalue weighted by atomic mass is 16.4. The lowest BCUT2D eigenvalue weighted by Gasteiger charge is -2.43. The number of fused-ring (bicyclic) bond motifs is 5. The van der Waals surface area contributed by atoms with Crippen molar-refractivity contribution in [2.24, 2.45) is 16.8 Å². The first-order valence-electron chi connectivity index (χ1n) is 11.6. The first-order valence-corrected chi connectivity index (χ1v) is 11.6. The summed E-state index contributed by atoms with van der Waals surface area (Å²) >= 11 is 0. The zero-order valence-electron chi connectivity index (χ0n) is 19.2. The summed E-state index contributed by atoms with van der Waals surface area (Å²) in [4.78, 5) is 44.5. The highest BCUT2D eigenvalue weighted by Gasteiger charge is 2.38. The van der Waals surface area contributed by atoms with Crippen molar-refractivity contribution in [3.05, 3.63) is 74.5 Å². The third-order valence-corrected chi connectivity index (χ3v) is 6.86. The van der Waals surface area contributed by atoms with Crippen LogP contribution in [-0.4, -0.2) is 45.8 Å². The molecule has 1 saturated heterocycles. The van der Waals surface area contributed by atoms with Gasteiger partial charge in [-0.3, -0.25) is 14.6 Å². The highest BCUT2D eigenvalue weighted by molar-refractivity contribution is 5.94. The summed E-state index contributed by atoms with van der Waals surface area (Å²) in [6, 6.07) is 11.3. The number of para-hydroxylation sites is 1. The van der Waals surface area contributed by atoms with Crippen LogP contribution in [0.1, 0.15) is 37.4 Å². The Balaban J connectivity index is 1.42. The van der Waals surface area contributed by atoms with Gasteiger partial charge in [0.2, 0.25) is 5.91 Å². The number of nitrogens with zero attached hydrogens (tertiary/aromatic N) is 3. The summed E-state index contributed by atoms with van der Waals surface area (Å²) in [6.45, 7) is 5.51. The number of likely N-dealkylation sites (tertiary alicyclic amines) is 1. The molecule has 1 N–H and O–H groups in total. The van der Waals surface area contributed by atoms with Crippen LogP contribution in [0.25, 0.3) is 11.0 Å². The molecule has 2 aliphatic heterocycles. The number of carbonyl (C=O) groups is 1. The molecule has 1 fully saturated rings. The maximum Gasteiger partial charge on any atom is 0.348 e. The Bertz CT molecular complexity index is 1400. The van der Waals surface area contributed by atoms with E-state index < -0.39 is 11.7 Å². The number of aliphatic imine (C=N–C) groups is 1.